The zero-order valence-electron chi connectivity index (χ0n) is 14.9. The molecule has 2 aliphatic heterocycles. The molecule has 2 aliphatic rings. The van der Waals surface area contributed by atoms with Gasteiger partial charge in [0.05, 0.1) is 24.8 Å². The van der Waals surface area contributed by atoms with Crippen molar-refractivity contribution in [2.45, 2.75) is 25.5 Å². The number of benzene rings is 1. The third kappa shape index (κ3) is 3.32. The van der Waals surface area contributed by atoms with Gasteiger partial charge in [-0.15, -0.1) is 11.3 Å². The summed E-state index contributed by atoms with van der Waals surface area (Å²) >= 11 is 7.70. The molecule has 0 aliphatic carbocycles. The Kier molecular flexibility index (Phi) is 5.18. The monoisotopic (exact) mass is 421 g/mol. The van der Waals surface area contributed by atoms with Gasteiger partial charge in [-0.25, -0.2) is 14.2 Å². The van der Waals surface area contributed by atoms with Gasteiger partial charge >= 0.3 is 5.97 Å². The molecule has 28 heavy (non-hydrogen) atoms. The molecule has 0 saturated carbocycles. The van der Waals surface area contributed by atoms with Crippen molar-refractivity contribution in [2.75, 3.05) is 13.2 Å². The smallest absolute Gasteiger partial charge is 0.338 e. The van der Waals surface area contributed by atoms with Gasteiger partial charge in [0.15, 0.2) is 10.8 Å². The SMILES string of the molecule is CCOC(=O)C1=C2C[C@H](O)CN2C(c2nccs2)=N[C@@H]1c1ccc(F)cc1Cl. The molecule has 1 aromatic carbocycles. The van der Waals surface area contributed by atoms with Crippen LogP contribution in [0.5, 0.6) is 0 Å². The second-order valence-electron chi connectivity index (χ2n) is 6.41. The molecule has 1 fully saturated rings. The third-order valence-corrected chi connectivity index (χ3v) is 5.71. The molecule has 0 radical (unpaired) electrons. The summed E-state index contributed by atoms with van der Waals surface area (Å²) < 4.78 is 18.8. The Morgan fingerprint density at radius 2 is 2.32 bits per heavy atom. The fourth-order valence-electron chi connectivity index (χ4n) is 3.49. The van der Waals surface area contributed by atoms with Gasteiger partial charge in [0.2, 0.25) is 0 Å². The molecule has 0 spiro atoms. The standard InChI is InChI=1S/C19H17ClFN3O3S/c1-2-27-19(26)15-14-8-11(25)9-24(14)17(18-22-5-6-28-18)23-16(15)12-4-3-10(21)7-13(12)20/h3-7,11,16,25H,2,8-9H2,1H3/t11-,16+/m0/s1. The van der Waals surface area contributed by atoms with Gasteiger partial charge in [0, 0.05) is 34.3 Å². The van der Waals surface area contributed by atoms with Crippen LogP contribution in [0, 0.1) is 5.82 Å². The van der Waals surface area contributed by atoms with Gasteiger partial charge < -0.3 is 14.7 Å². The van der Waals surface area contributed by atoms with E-state index in [4.69, 9.17) is 21.3 Å². The van der Waals surface area contributed by atoms with E-state index >= 15 is 0 Å². The van der Waals surface area contributed by atoms with E-state index in [9.17, 15) is 14.3 Å². The van der Waals surface area contributed by atoms with Crippen LogP contribution in [0.4, 0.5) is 4.39 Å². The number of aliphatic hydroxyl groups excluding tert-OH is 1. The number of amidine groups is 1. The maximum atomic E-state index is 13.6. The number of hydrogen-bond acceptors (Lipinski definition) is 7. The number of carbonyl (C=O) groups is 1. The van der Waals surface area contributed by atoms with Gasteiger partial charge in [0.25, 0.3) is 0 Å². The molecule has 1 N–H and O–H groups in total. The summed E-state index contributed by atoms with van der Waals surface area (Å²) in [4.78, 5) is 23.7. The molecule has 0 amide bonds. The van der Waals surface area contributed by atoms with E-state index in [1.807, 2.05) is 10.3 Å². The Balaban J connectivity index is 1.91. The molecular weight excluding hydrogens is 405 g/mol. The molecule has 6 nitrogen and oxygen atoms in total. The summed E-state index contributed by atoms with van der Waals surface area (Å²) in [5.74, 6) is -0.444. The number of fused-ring (bicyclic) bond motifs is 1. The summed E-state index contributed by atoms with van der Waals surface area (Å²) in [7, 11) is 0. The minimum Gasteiger partial charge on any atom is -0.463 e. The summed E-state index contributed by atoms with van der Waals surface area (Å²) in [6, 6.07) is 3.22. The van der Waals surface area contributed by atoms with Gasteiger partial charge in [0.1, 0.15) is 11.9 Å². The Bertz CT molecular complexity index is 977. The number of ether oxygens (including phenoxy) is 1. The Morgan fingerprint density at radius 1 is 1.50 bits per heavy atom. The number of hydrogen-bond donors (Lipinski definition) is 1. The molecular formula is C19H17ClFN3O3S. The van der Waals surface area contributed by atoms with Crippen molar-refractivity contribution in [1.29, 1.82) is 0 Å². The molecule has 0 bridgehead atoms. The number of nitrogens with zero attached hydrogens (tertiary/aromatic N) is 3. The number of aliphatic hydroxyl groups is 1. The third-order valence-electron chi connectivity index (χ3n) is 4.62. The maximum Gasteiger partial charge on any atom is 0.338 e. The van der Waals surface area contributed by atoms with E-state index in [-0.39, 0.29) is 18.1 Å². The van der Waals surface area contributed by atoms with Crippen molar-refractivity contribution in [3.05, 3.63) is 62.5 Å². The first kappa shape index (κ1) is 19.0. The zero-order chi connectivity index (χ0) is 19.8. The summed E-state index contributed by atoms with van der Waals surface area (Å²) in [5.41, 5.74) is 1.44. The predicted octanol–water partition coefficient (Wildman–Crippen LogP) is 3.32. The van der Waals surface area contributed by atoms with E-state index in [0.29, 0.717) is 34.2 Å². The molecule has 146 valence electrons. The summed E-state index contributed by atoms with van der Waals surface area (Å²) in [6.07, 6.45) is 1.31. The van der Waals surface area contributed by atoms with Crippen molar-refractivity contribution in [1.82, 2.24) is 9.88 Å². The lowest BCUT2D eigenvalue weighted by molar-refractivity contribution is -0.139. The van der Waals surface area contributed by atoms with Gasteiger partial charge in [-0.3, -0.25) is 4.99 Å². The van der Waals surface area contributed by atoms with Gasteiger partial charge in [-0.2, -0.15) is 0 Å². The molecule has 1 aromatic heterocycles. The fourth-order valence-corrected chi connectivity index (χ4v) is 4.41. The second kappa shape index (κ2) is 7.62. The quantitative estimate of drug-likeness (QED) is 0.766. The Hall–Kier alpha value is -2.29. The number of carbonyl (C=O) groups excluding carboxylic acids is 1. The van der Waals surface area contributed by atoms with E-state index in [1.54, 1.807) is 13.1 Å². The zero-order valence-corrected chi connectivity index (χ0v) is 16.5. The normalized spacial score (nSPS) is 21.6. The second-order valence-corrected chi connectivity index (χ2v) is 7.71. The van der Waals surface area contributed by atoms with Crippen LogP contribution in [0.1, 0.15) is 30.0 Å². The van der Waals surface area contributed by atoms with Crippen LogP contribution in [0.2, 0.25) is 5.02 Å². The van der Waals surface area contributed by atoms with Crippen molar-refractivity contribution >= 4 is 34.7 Å². The van der Waals surface area contributed by atoms with Crippen LogP contribution in [0.15, 0.2) is 46.0 Å². The fraction of sp³-hybridized carbons (Fsp3) is 0.316. The first-order chi connectivity index (χ1) is 13.5. The van der Waals surface area contributed by atoms with Crippen molar-refractivity contribution in [3.8, 4) is 0 Å². The first-order valence-electron chi connectivity index (χ1n) is 8.78. The minimum absolute atomic E-state index is 0.168. The highest BCUT2D eigenvalue weighted by atomic mass is 35.5. The molecule has 2 aromatic rings. The number of thiazole rings is 1. The molecule has 4 rings (SSSR count). The average molecular weight is 422 g/mol. The van der Waals surface area contributed by atoms with E-state index in [0.717, 1.165) is 0 Å². The van der Waals surface area contributed by atoms with E-state index < -0.39 is 23.9 Å². The van der Waals surface area contributed by atoms with Crippen LogP contribution in [0.3, 0.4) is 0 Å². The number of aliphatic imine (C=N–C) groups is 1. The highest BCUT2D eigenvalue weighted by Gasteiger charge is 2.42. The molecule has 0 unspecified atom stereocenters. The highest BCUT2D eigenvalue weighted by molar-refractivity contribution is 7.11. The minimum atomic E-state index is -0.775. The summed E-state index contributed by atoms with van der Waals surface area (Å²) in [6.45, 7) is 2.23. The summed E-state index contributed by atoms with van der Waals surface area (Å²) in [5, 5.41) is 12.9. The van der Waals surface area contributed by atoms with Gasteiger partial charge in [-0.1, -0.05) is 17.7 Å². The number of rotatable bonds is 4. The van der Waals surface area contributed by atoms with Gasteiger partial charge in [-0.05, 0) is 19.1 Å². The Labute approximate surface area is 169 Å². The Morgan fingerprint density at radius 3 is 3.00 bits per heavy atom. The van der Waals surface area contributed by atoms with E-state index in [2.05, 4.69) is 4.98 Å². The number of aromatic nitrogens is 1. The van der Waals surface area contributed by atoms with Crippen LogP contribution in [-0.4, -0.2) is 46.1 Å². The first-order valence-corrected chi connectivity index (χ1v) is 10.0. The lowest BCUT2D eigenvalue weighted by Gasteiger charge is -2.31. The number of halogens is 2. The molecule has 2 atom stereocenters. The molecule has 9 heteroatoms. The van der Waals surface area contributed by atoms with Crippen molar-refractivity contribution in [2.24, 2.45) is 4.99 Å². The van der Waals surface area contributed by atoms with Crippen molar-refractivity contribution < 1.29 is 19.0 Å². The highest BCUT2D eigenvalue weighted by Crippen LogP contribution is 2.42. The largest absolute Gasteiger partial charge is 0.463 e. The maximum absolute atomic E-state index is 13.6. The average Bonchev–Trinajstić information content (AvgIpc) is 3.29. The lowest BCUT2D eigenvalue weighted by Crippen LogP contribution is -2.36. The molecule has 1 saturated heterocycles. The van der Waals surface area contributed by atoms with Crippen LogP contribution in [-0.2, 0) is 9.53 Å². The lowest BCUT2D eigenvalue weighted by atomic mass is 9.94. The van der Waals surface area contributed by atoms with Crippen LogP contribution >= 0.6 is 22.9 Å². The van der Waals surface area contributed by atoms with Crippen LogP contribution in [0.25, 0.3) is 0 Å². The predicted molar refractivity (Wildman–Crippen MR) is 104 cm³/mol. The molecule has 3 heterocycles. The topological polar surface area (TPSA) is 75.0 Å². The number of esters is 1. The van der Waals surface area contributed by atoms with E-state index in [1.165, 1.54) is 29.5 Å². The van der Waals surface area contributed by atoms with Crippen LogP contribution < -0.4 is 0 Å². The van der Waals surface area contributed by atoms with Crippen molar-refractivity contribution in [3.63, 3.8) is 0 Å².